The smallest absolute Gasteiger partial charge is 0.341 e. The zero-order chi connectivity index (χ0) is 21.5. The number of hydrogen-bond acceptors (Lipinski definition) is 6. The first-order valence-corrected chi connectivity index (χ1v) is 9.52. The molecule has 3 aromatic rings. The molecule has 6 heteroatoms. The summed E-state index contributed by atoms with van der Waals surface area (Å²) < 4.78 is 5.37. The molecule has 0 aliphatic carbocycles. The number of ether oxygens (including phenoxy) is 1. The van der Waals surface area contributed by atoms with Gasteiger partial charge in [-0.3, -0.25) is 4.99 Å². The van der Waals surface area contributed by atoms with Gasteiger partial charge in [-0.25, -0.2) is 4.79 Å². The molecule has 3 aromatic carbocycles. The molecular weight excluding hydrogens is 382 g/mol. The van der Waals surface area contributed by atoms with E-state index in [-0.39, 0.29) is 35.3 Å². The van der Waals surface area contributed by atoms with E-state index >= 15 is 0 Å². The molecule has 0 aliphatic rings. The molecule has 0 aromatic heterocycles. The first-order valence-electron chi connectivity index (χ1n) is 9.52. The van der Waals surface area contributed by atoms with E-state index in [1.807, 2.05) is 37.3 Å². The Morgan fingerprint density at radius 1 is 1.00 bits per heavy atom. The lowest BCUT2D eigenvalue weighted by atomic mass is 10.0. The zero-order valence-electron chi connectivity index (χ0n) is 16.5. The predicted octanol–water partition coefficient (Wildman–Crippen LogP) is 4.59. The number of benzene rings is 3. The fourth-order valence-corrected chi connectivity index (χ4v) is 2.93. The molecule has 154 valence electrons. The van der Waals surface area contributed by atoms with Gasteiger partial charge in [0.15, 0.2) is 0 Å². The molecule has 1 atom stereocenters. The van der Waals surface area contributed by atoms with Crippen molar-refractivity contribution in [3.8, 4) is 17.2 Å². The average Bonchev–Trinajstić information content (AvgIpc) is 2.74. The number of carbonyl (C=O) groups is 1. The van der Waals surface area contributed by atoms with Crippen LogP contribution in [0.2, 0.25) is 0 Å². The number of esters is 1. The molecule has 1 unspecified atom stereocenters. The van der Waals surface area contributed by atoms with Crippen molar-refractivity contribution in [1.29, 1.82) is 0 Å². The number of phenolic OH excluding ortho intramolecular Hbond substituents is 3. The van der Waals surface area contributed by atoms with Crippen LogP contribution in [0.5, 0.6) is 17.2 Å². The van der Waals surface area contributed by atoms with E-state index in [2.05, 4.69) is 4.99 Å². The number of carbonyl (C=O) groups excluding carboxylic acids is 1. The van der Waals surface area contributed by atoms with Gasteiger partial charge in [-0.15, -0.1) is 0 Å². The molecule has 0 aliphatic heterocycles. The van der Waals surface area contributed by atoms with Crippen LogP contribution in [0, 0.1) is 5.92 Å². The Kier molecular flexibility index (Phi) is 6.70. The van der Waals surface area contributed by atoms with E-state index in [0.29, 0.717) is 11.3 Å². The minimum absolute atomic E-state index is 0.00570. The van der Waals surface area contributed by atoms with E-state index in [0.717, 1.165) is 12.0 Å². The third kappa shape index (κ3) is 5.61. The van der Waals surface area contributed by atoms with Gasteiger partial charge in [-0.1, -0.05) is 37.3 Å². The van der Waals surface area contributed by atoms with Crippen LogP contribution in [0.3, 0.4) is 0 Å². The molecule has 3 N–H and O–H groups in total. The maximum atomic E-state index is 12.4. The summed E-state index contributed by atoms with van der Waals surface area (Å²) in [6.45, 7) is 2.21. The van der Waals surface area contributed by atoms with Crippen molar-refractivity contribution in [3.05, 3.63) is 83.4 Å². The molecule has 3 rings (SSSR count). The topological polar surface area (TPSA) is 99.4 Å². The van der Waals surface area contributed by atoms with Crippen LogP contribution in [0.15, 0.2) is 71.7 Å². The third-order valence-electron chi connectivity index (χ3n) is 4.49. The van der Waals surface area contributed by atoms with E-state index in [1.54, 1.807) is 0 Å². The van der Waals surface area contributed by atoms with Gasteiger partial charge in [-0.05, 0) is 54.3 Å². The Balaban J connectivity index is 1.66. The van der Waals surface area contributed by atoms with Crippen LogP contribution < -0.4 is 0 Å². The van der Waals surface area contributed by atoms with Gasteiger partial charge in [0, 0.05) is 11.8 Å². The van der Waals surface area contributed by atoms with Crippen LogP contribution in [-0.4, -0.2) is 34.1 Å². The van der Waals surface area contributed by atoms with Crippen molar-refractivity contribution in [3.63, 3.8) is 0 Å². The van der Waals surface area contributed by atoms with Crippen molar-refractivity contribution in [1.82, 2.24) is 0 Å². The highest BCUT2D eigenvalue weighted by Gasteiger charge is 2.15. The number of aliphatic imine (C=N–C) groups is 1. The molecule has 0 saturated carbocycles. The second kappa shape index (κ2) is 9.60. The van der Waals surface area contributed by atoms with Crippen molar-refractivity contribution >= 4 is 17.9 Å². The van der Waals surface area contributed by atoms with E-state index < -0.39 is 5.97 Å². The van der Waals surface area contributed by atoms with Crippen LogP contribution in [0.1, 0.15) is 28.4 Å². The standard InChI is InChI=1S/C24H23NO5/c1-16(11-17-5-3-2-4-6-17)15-30-24(29)21-13-19(7-9-23(21)28)25-14-18-12-20(26)8-10-22(18)27/h2-10,12-14,16,26-28H,11,15H2,1H3. The van der Waals surface area contributed by atoms with Gasteiger partial charge >= 0.3 is 5.97 Å². The fourth-order valence-electron chi connectivity index (χ4n) is 2.93. The molecule has 0 amide bonds. The summed E-state index contributed by atoms with van der Waals surface area (Å²) in [4.78, 5) is 16.6. The van der Waals surface area contributed by atoms with Gasteiger partial charge in [-0.2, -0.15) is 0 Å². The van der Waals surface area contributed by atoms with Gasteiger partial charge in [0.2, 0.25) is 0 Å². The average molecular weight is 405 g/mol. The Labute approximate surface area is 174 Å². The quantitative estimate of drug-likeness (QED) is 0.303. The van der Waals surface area contributed by atoms with Crippen molar-refractivity contribution in [2.75, 3.05) is 6.61 Å². The van der Waals surface area contributed by atoms with E-state index in [4.69, 9.17) is 4.74 Å². The second-order valence-corrected chi connectivity index (χ2v) is 7.10. The maximum absolute atomic E-state index is 12.4. The lowest BCUT2D eigenvalue weighted by Gasteiger charge is -2.13. The van der Waals surface area contributed by atoms with Gasteiger partial charge in [0.25, 0.3) is 0 Å². The van der Waals surface area contributed by atoms with Crippen molar-refractivity contribution in [2.24, 2.45) is 10.9 Å². The SMILES string of the molecule is CC(COC(=O)c1cc(N=Cc2cc(O)ccc2O)ccc1O)Cc1ccccc1. The minimum atomic E-state index is -0.635. The van der Waals surface area contributed by atoms with Crippen molar-refractivity contribution in [2.45, 2.75) is 13.3 Å². The van der Waals surface area contributed by atoms with Crippen LogP contribution >= 0.6 is 0 Å². The Morgan fingerprint density at radius 2 is 1.73 bits per heavy atom. The summed E-state index contributed by atoms with van der Waals surface area (Å²) in [6, 6.07) is 18.3. The first-order chi connectivity index (χ1) is 14.4. The highest BCUT2D eigenvalue weighted by atomic mass is 16.5. The summed E-state index contributed by atoms with van der Waals surface area (Å²) in [5.74, 6) is -0.760. The van der Waals surface area contributed by atoms with Crippen LogP contribution in [0.4, 0.5) is 5.69 Å². The zero-order valence-corrected chi connectivity index (χ0v) is 16.5. The van der Waals surface area contributed by atoms with Gasteiger partial charge in [0.05, 0.1) is 12.3 Å². The number of hydrogen-bond donors (Lipinski definition) is 3. The van der Waals surface area contributed by atoms with Crippen LogP contribution in [0.25, 0.3) is 0 Å². The molecule has 0 bridgehead atoms. The number of rotatable bonds is 7. The van der Waals surface area contributed by atoms with E-state index in [9.17, 15) is 20.1 Å². The maximum Gasteiger partial charge on any atom is 0.341 e. The van der Waals surface area contributed by atoms with Crippen molar-refractivity contribution < 1.29 is 24.9 Å². The van der Waals surface area contributed by atoms with Crippen LogP contribution in [-0.2, 0) is 11.2 Å². The lowest BCUT2D eigenvalue weighted by molar-refractivity contribution is 0.0446. The van der Waals surface area contributed by atoms with Gasteiger partial charge < -0.3 is 20.1 Å². The Hall–Kier alpha value is -3.80. The highest BCUT2D eigenvalue weighted by Crippen LogP contribution is 2.26. The molecular formula is C24H23NO5. The summed E-state index contributed by atoms with van der Waals surface area (Å²) in [6.07, 6.45) is 2.14. The molecule has 30 heavy (non-hydrogen) atoms. The summed E-state index contributed by atoms with van der Waals surface area (Å²) in [7, 11) is 0. The summed E-state index contributed by atoms with van der Waals surface area (Å²) in [5.41, 5.74) is 1.88. The van der Waals surface area contributed by atoms with E-state index in [1.165, 1.54) is 42.6 Å². The molecule has 0 radical (unpaired) electrons. The fraction of sp³-hybridized carbons (Fsp3) is 0.167. The molecule has 0 heterocycles. The number of nitrogens with zero attached hydrogens (tertiary/aromatic N) is 1. The number of phenols is 3. The second-order valence-electron chi connectivity index (χ2n) is 7.10. The third-order valence-corrected chi connectivity index (χ3v) is 4.49. The summed E-state index contributed by atoms with van der Waals surface area (Å²) in [5, 5.41) is 29.4. The highest BCUT2D eigenvalue weighted by molar-refractivity contribution is 5.94. The molecule has 0 fully saturated rings. The summed E-state index contributed by atoms with van der Waals surface area (Å²) >= 11 is 0. The molecule has 0 spiro atoms. The first kappa shape index (κ1) is 20.9. The lowest BCUT2D eigenvalue weighted by Crippen LogP contribution is -2.14. The number of aromatic hydroxyl groups is 3. The normalized spacial score (nSPS) is 12.0. The molecule has 0 saturated heterocycles. The Morgan fingerprint density at radius 3 is 2.50 bits per heavy atom. The Bertz CT molecular complexity index is 1050. The monoisotopic (exact) mass is 405 g/mol. The molecule has 6 nitrogen and oxygen atoms in total. The minimum Gasteiger partial charge on any atom is -0.508 e. The predicted molar refractivity (Wildman–Crippen MR) is 115 cm³/mol. The van der Waals surface area contributed by atoms with Gasteiger partial charge in [0.1, 0.15) is 22.8 Å². The largest absolute Gasteiger partial charge is 0.508 e.